The van der Waals surface area contributed by atoms with Gasteiger partial charge >= 0.3 is 0 Å². The van der Waals surface area contributed by atoms with Crippen molar-refractivity contribution in [1.29, 1.82) is 0 Å². The maximum Gasteiger partial charge on any atom is 0.274 e. The van der Waals surface area contributed by atoms with Gasteiger partial charge in [-0.2, -0.15) is 0 Å². The molecule has 0 bridgehead atoms. The fraction of sp³-hybridized carbons (Fsp3) is 0. The number of hydrogen-bond donors (Lipinski definition) is 2. The first-order valence-electron chi connectivity index (χ1n) is 7.37. The molecule has 26 heavy (non-hydrogen) atoms. The summed E-state index contributed by atoms with van der Waals surface area (Å²) in [6.07, 6.45) is 1.35. The van der Waals surface area contributed by atoms with Gasteiger partial charge in [0, 0.05) is 5.69 Å². The molecule has 0 aliphatic carbocycles. The van der Waals surface area contributed by atoms with Gasteiger partial charge in [0.2, 0.25) is 0 Å². The van der Waals surface area contributed by atoms with Crippen LogP contribution in [0.5, 0.6) is 0 Å². The van der Waals surface area contributed by atoms with E-state index in [1.54, 1.807) is 0 Å². The summed E-state index contributed by atoms with van der Waals surface area (Å²) < 4.78 is 40.3. The smallest absolute Gasteiger partial charge is 0.274 e. The van der Waals surface area contributed by atoms with Gasteiger partial charge in [-0.1, -0.05) is 17.7 Å². The van der Waals surface area contributed by atoms with Crippen molar-refractivity contribution < 1.29 is 18.0 Å². The van der Waals surface area contributed by atoms with E-state index in [9.17, 15) is 18.0 Å². The Bertz CT molecular complexity index is 944. The summed E-state index contributed by atoms with van der Waals surface area (Å²) in [5.41, 5.74) is 0.475. The van der Waals surface area contributed by atoms with Crippen LogP contribution in [0, 0.1) is 17.5 Å². The first-order chi connectivity index (χ1) is 12.4. The third-order valence-electron chi connectivity index (χ3n) is 3.41. The number of para-hydroxylation sites is 1. The maximum absolute atomic E-state index is 13.6. The molecule has 1 amide bonds. The average Bonchev–Trinajstić information content (AvgIpc) is 2.62. The molecule has 0 saturated carbocycles. The number of aromatic nitrogens is 1. The molecule has 0 aliphatic heterocycles. The summed E-state index contributed by atoms with van der Waals surface area (Å²) >= 11 is 5.70. The summed E-state index contributed by atoms with van der Waals surface area (Å²) in [6.45, 7) is 0. The van der Waals surface area contributed by atoms with Crippen LogP contribution in [-0.2, 0) is 0 Å². The van der Waals surface area contributed by atoms with Crippen LogP contribution in [0.25, 0.3) is 0 Å². The van der Waals surface area contributed by atoms with Crippen molar-refractivity contribution in [3.63, 3.8) is 0 Å². The molecule has 0 saturated heterocycles. The Morgan fingerprint density at radius 1 is 0.923 bits per heavy atom. The number of amides is 1. The van der Waals surface area contributed by atoms with Crippen LogP contribution in [0.3, 0.4) is 0 Å². The monoisotopic (exact) mass is 377 g/mol. The van der Waals surface area contributed by atoms with E-state index in [4.69, 9.17) is 11.6 Å². The average molecular weight is 378 g/mol. The van der Waals surface area contributed by atoms with Gasteiger partial charge in [-0.15, -0.1) is 0 Å². The van der Waals surface area contributed by atoms with Crippen molar-refractivity contribution in [2.45, 2.75) is 0 Å². The molecule has 0 aliphatic rings. The standard InChI is InChI=1S/C18H11ClF3N3O/c19-12-8-10(4-6-13(12)20)24-11-5-7-16(23-9-11)18(26)25-17-14(21)2-1-3-15(17)22/h1-9,24H,(H,25,26). The minimum absolute atomic E-state index is 0.0321. The largest absolute Gasteiger partial charge is 0.354 e. The molecule has 3 aromatic rings. The highest BCUT2D eigenvalue weighted by Crippen LogP contribution is 2.23. The van der Waals surface area contributed by atoms with E-state index in [1.165, 1.54) is 42.6 Å². The van der Waals surface area contributed by atoms with Gasteiger partial charge < -0.3 is 10.6 Å². The predicted molar refractivity (Wildman–Crippen MR) is 93.2 cm³/mol. The Kier molecular flexibility index (Phi) is 5.09. The van der Waals surface area contributed by atoms with Crippen LogP contribution in [0.2, 0.25) is 5.02 Å². The molecule has 0 radical (unpaired) electrons. The third-order valence-corrected chi connectivity index (χ3v) is 3.70. The number of benzene rings is 2. The lowest BCUT2D eigenvalue weighted by Gasteiger charge is -2.09. The van der Waals surface area contributed by atoms with E-state index in [1.807, 2.05) is 0 Å². The molecular formula is C18H11ClF3N3O. The normalized spacial score (nSPS) is 10.5. The highest BCUT2D eigenvalue weighted by Gasteiger charge is 2.14. The zero-order chi connectivity index (χ0) is 18.7. The van der Waals surface area contributed by atoms with E-state index >= 15 is 0 Å². The van der Waals surface area contributed by atoms with Crippen LogP contribution in [-0.4, -0.2) is 10.9 Å². The highest BCUT2D eigenvalue weighted by molar-refractivity contribution is 6.31. The zero-order valence-corrected chi connectivity index (χ0v) is 13.8. The molecule has 1 heterocycles. The van der Waals surface area contributed by atoms with Crippen molar-refractivity contribution >= 4 is 34.6 Å². The lowest BCUT2D eigenvalue weighted by molar-refractivity contribution is 0.102. The van der Waals surface area contributed by atoms with E-state index in [0.717, 1.165) is 12.1 Å². The van der Waals surface area contributed by atoms with Crippen molar-refractivity contribution in [2.75, 3.05) is 10.6 Å². The van der Waals surface area contributed by atoms with E-state index in [0.29, 0.717) is 11.4 Å². The number of carbonyl (C=O) groups excluding carboxylic acids is 1. The Balaban J connectivity index is 1.72. The number of halogens is 4. The molecule has 8 heteroatoms. The van der Waals surface area contributed by atoms with Crippen molar-refractivity contribution in [1.82, 2.24) is 4.98 Å². The molecule has 0 fully saturated rings. The first-order valence-corrected chi connectivity index (χ1v) is 7.75. The SMILES string of the molecule is O=C(Nc1c(F)cccc1F)c1ccc(Nc2ccc(F)c(Cl)c2)cn1. The van der Waals surface area contributed by atoms with Crippen LogP contribution in [0.15, 0.2) is 54.7 Å². The number of rotatable bonds is 4. The van der Waals surface area contributed by atoms with Gasteiger partial charge in [-0.25, -0.2) is 18.2 Å². The van der Waals surface area contributed by atoms with Crippen molar-refractivity contribution in [3.8, 4) is 0 Å². The molecule has 2 N–H and O–H groups in total. The predicted octanol–water partition coefficient (Wildman–Crippen LogP) is 5.15. The second-order valence-corrected chi connectivity index (χ2v) is 5.64. The lowest BCUT2D eigenvalue weighted by atomic mass is 10.2. The van der Waals surface area contributed by atoms with Gasteiger partial charge in [0.25, 0.3) is 5.91 Å². The van der Waals surface area contributed by atoms with Gasteiger partial charge in [0.1, 0.15) is 28.8 Å². The second kappa shape index (κ2) is 7.45. The lowest BCUT2D eigenvalue weighted by Crippen LogP contribution is -2.15. The second-order valence-electron chi connectivity index (χ2n) is 5.24. The summed E-state index contributed by atoms with van der Waals surface area (Å²) in [5.74, 6) is -3.07. The minimum Gasteiger partial charge on any atom is -0.354 e. The zero-order valence-electron chi connectivity index (χ0n) is 13.1. The quantitative estimate of drug-likeness (QED) is 0.661. The van der Waals surface area contributed by atoms with Crippen LogP contribution in [0.1, 0.15) is 10.5 Å². The van der Waals surface area contributed by atoms with Gasteiger partial charge in [0.15, 0.2) is 0 Å². The van der Waals surface area contributed by atoms with Crippen molar-refractivity contribution in [2.24, 2.45) is 0 Å². The summed E-state index contributed by atoms with van der Waals surface area (Å²) in [7, 11) is 0. The molecule has 0 spiro atoms. The molecule has 1 aromatic heterocycles. The van der Waals surface area contributed by atoms with Crippen LogP contribution < -0.4 is 10.6 Å². The Hall–Kier alpha value is -3.06. The molecule has 4 nitrogen and oxygen atoms in total. The van der Waals surface area contributed by atoms with Crippen molar-refractivity contribution in [3.05, 3.63) is 82.9 Å². The first kappa shape index (κ1) is 17.8. The summed E-state index contributed by atoms with van der Waals surface area (Å²) in [4.78, 5) is 16.0. The highest BCUT2D eigenvalue weighted by atomic mass is 35.5. The Labute approximate surface area is 151 Å². The number of hydrogen-bond acceptors (Lipinski definition) is 3. The van der Waals surface area contributed by atoms with Gasteiger partial charge in [-0.05, 0) is 42.5 Å². The number of nitrogens with one attached hydrogen (secondary N) is 2. The van der Waals surface area contributed by atoms with Crippen LogP contribution in [0.4, 0.5) is 30.2 Å². The topological polar surface area (TPSA) is 54.0 Å². The molecule has 0 atom stereocenters. The fourth-order valence-corrected chi connectivity index (χ4v) is 2.32. The van der Waals surface area contributed by atoms with E-state index in [-0.39, 0.29) is 10.7 Å². The summed E-state index contributed by atoms with van der Waals surface area (Å²) in [5, 5.41) is 5.05. The molecule has 2 aromatic carbocycles. The summed E-state index contributed by atoms with van der Waals surface area (Å²) in [6, 6.07) is 10.3. The van der Waals surface area contributed by atoms with Crippen LogP contribution >= 0.6 is 11.6 Å². The number of nitrogens with zero attached hydrogens (tertiary/aromatic N) is 1. The number of anilines is 3. The molecule has 132 valence electrons. The number of pyridine rings is 1. The van der Waals surface area contributed by atoms with Gasteiger partial charge in [0.05, 0.1) is 16.9 Å². The molecular weight excluding hydrogens is 367 g/mol. The van der Waals surface area contributed by atoms with E-state index < -0.39 is 29.0 Å². The maximum atomic E-state index is 13.6. The Morgan fingerprint density at radius 3 is 2.23 bits per heavy atom. The van der Waals surface area contributed by atoms with E-state index in [2.05, 4.69) is 15.6 Å². The molecule has 0 unspecified atom stereocenters. The number of carbonyl (C=O) groups is 1. The fourth-order valence-electron chi connectivity index (χ4n) is 2.14. The minimum atomic E-state index is -0.884. The Morgan fingerprint density at radius 2 is 1.62 bits per heavy atom. The third kappa shape index (κ3) is 3.94. The molecule has 3 rings (SSSR count). The van der Waals surface area contributed by atoms with Gasteiger partial charge in [-0.3, -0.25) is 4.79 Å².